The lowest BCUT2D eigenvalue weighted by molar-refractivity contribution is -0.134. The Labute approximate surface area is 156 Å². The van der Waals surface area contributed by atoms with Gasteiger partial charge in [0.15, 0.2) is 5.69 Å². The van der Waals surface area contributed by atoms with E-state index in [1.54, 1.807) is 24.0 Å². The zero-order valence-electron chi connectivity index (χ0n) is 14.6. The van der Waals surface area contributed by atoms with Crippen molar-refractivity contribution in [3.63, 3.8) is 0 Å². The topological polar surface area (TPSA) is 71.3 Å². The summed E-state index contributed by atoms with van der Waals surface area (Å²) in [6.07, 6.45) is 2.01. The van der Waals surface area contributed by atoms with E-state index in [9.17, 15) is 9.59 Å². The molecule has 0 atom stereocenters. The average molecular weight is 374 g/mol. The second-order valence-corrected chi connectivity index (χ2v) is 7.23. The van der Waals surface area contributed by atoms with Gasteiger partial charge < -0.3 is 9.80 Å². The first-order valence-electron chi connectivity index (χ1n) is 8.81. The Bertz CT molecular complexity index is 853. The molecule has 26 heavy (non-hydrogen) atoms. The van der Waals surface area contributed by atoms with Gasteiger partial charge in [0.2, 0.25) is 5.91 Å². The Hall–Kier alpha value is -2.41. The van der Waals surface area contributed by atoms with Crippen molar-refractivity contribution < 1.29 is 9.59 Å². The second-order valence-electron chi connectivity index (χ2n) is 6.80. The minimum atomic E-state index is -0.144. The van der Waals surface area contributed by atoms with E-state index in [0.717, 1.165) is 12.8 Å². The summed E-state index contributed by atoms with van der Waals surface area (Å²) in [4.78, 5) is 30.0. The molecule has 2 aromatic rings. The Balaban J connectivity index is 1.46. The standard InChI is InChI=1S/C18H20ClN5O2/c1-12-16(21-24(20-12)15-4-2-3-14(19)11-15)18(26)23-9-7-22(8-10-23)17(25)13-5-6-13/h2-4,11,13H,5-10H2,1H3. The molecule has 2 amide bonds. The monoisotopic (exact) mass is 373 g/mol. The van der Waals surface area contributed by atoms with E-state index >= 15 is 0 Å². The number of amides is 2. The van der Waals surface area contributed by atoms with Crippen LogP contribution in [0.3, 0.4) is 0 Å². The van der Waals surface area contributed by atoms with Crippen LogP contribution in [0, 0.1) is 12.8 Å². The van der Waals surface area contributed by atoms with Crippen LogP contribution in [0.25, 0.3) is 5.69 Å². The molecule has 1 aromatic carbocycles. The van der Waals surface area contributed by atoms with E-state index in [1.807, 2.05) is 17.0 Å². The molecule has 2 aliphatic rings. The molecule has 1 saturated carbocycles. The van der Waals surface area contributed by atoms with Crippen molar-refractivity contribution in [2.45, 2.75) is 19.8 Å². The minimum absolute atomic E-state index is 0.144. The Morgan fingerprint density at radius 3 is 2.42 bits per heavy atom. The van der Waals surface area contributed by atoms with Gasteiger partial charge in [-0.25, -0.2) is 0 Å². The molecule has 0 N–H and O–H groups in total. The fourth-order valence-corrected chi connectivity index (χ4v) is 3.35. The average Bonchev–Trinajstić information content (AvgIpc) is 3.43. The zero-order chi connectivity index (χ0) is 18.3. The summed E-state index contributed by atoms with van der Waals surface area (Å²) < 4.78 is 0. The molecule has 0 radical (unpaired) electrons. The molecular formula is C18H20ClN5O2. The highest BCUT2D eigenvalue weighted by Gasteiger charge is 2.35. The smallest absolute Gasteiger partial charge is 0.276 e. The lowest BCUT2D eigenvalue weighted by Crippen LogP contribution is -2.51. The van der Waals surface area contributed by atoms with Crippen LogP contribution in [0.1, 0.15) is 29.0 Å². The van der Waals surface area contributed by atoms with E-state index in [-0.39, 0.29) is 17.7 Å². The van der Waals surface area contributed by atoms with Gasteiger partial charge in [0.1, 0.15) is 0 Å². The third-order valence-corrected chi connectivity index (χ3v) is 5.06. The molecule has 1 saturated heterocycles. The van der Waals surface area contributed by atoms with Crippen molar-refractivity contribution in [1.82, 2.24) is 24.8 Å². The Morgan fingerprint density at radius 1 is 1.08 bits per heavy atom. The van der Waals surface area contributed by atoms with Crippen molar-refractivity contribution in [2.75, 3.05) is 26.2 Å². The first kappa shape index (κ1) is 17.0. The number of piperazine rings is 1. The van der Waals surface area contributed by atoms with Crippen molar-refractivity contribution in [3.8, 4) is 5.69 Å². The van der Waals surface area contributed by atoms with Crippen molar-refractivity contribution in [1.29, 1.82) is 0 Å². The number of hydrogen-bond donors (Lipinski definition) is 0. The molecule has 0 unspecified atom stereocenters. The predicted molar refractivity (Wildman–Crippen MR) is 96.3 cm³/mol. The van der Waals surface area contributed by atoms with Gasteiger partial charge in [0.25, 0.3) is 5.91 Å². The zero-order valence-corrected chi connectivity index (χ0v) is 15.3. The molecule has 8 heteroatoms. The largest absolute Gasteiger partial charge is 0.339 e. The van der Waals surface area contributed by atoms with E-state index in [0.29, 0.717) is 48.3 Å². The number of aryl methyl sites for hydroxylation is 1. The highest BCUT2D eigenvalue weighted by atomic mass is 35.5. The van der Waals surface area contributed by atoms with Crippen LogP contribution in [-0.4, -0.2) is 62.8 Å². The molecule has 1 aliphatic heterocycles. The molecule has 0 spiro atoms. The molecule has 136 valence electrons. The quantitative estimate of drug-likeness (QED) is 0.824. The van der Waals surface area contributed by atoms with Crippen LogP contribution in [0.15, 0.2) is 24.3 Å². The summed E-state index contributed by atoms with van der Waals surface area (Å²) in [5.74, 6) is 0.312. The molecule has 2 fully saturated rings. The molecule has 0 bridgehead atoms. The molecule has 7 nitrogen and oxygen atoms in total. The van der Waals surface area contributed by atoms with Gasteiger partial charge >= 0.3 is 0 Å². The highest BCUT2D eigenvalue weighted by Crippen LogP contribution is 2.31. The van der Waals surface area contributed by atoms with Gasteiger partial charge in [-0.05, 0) is 38.0 Å². The van der Waals surface area contributed by atoms with Crippen LogP contribution in [0.2, 0.25) is 5.02 Å². The molecule has 4 rings (SSSR count). The Morgan fingerprint density at radius 2 is 1.77 bits per heavy atom. The van der Waals surface area contributed by atoms with Gasteiger partial charge in [-0.15, -0.1) is 5.10 Å². The summed E-state index contributed by atoms with van der Waals surface area (Å²) in [7, 11) is 0. The number of aromatic nitrogens is 3. The lowest BCUT2D eigenvalue weighted by Gasteiger charge is -2.34. The number of halogens is 1. The summed E-state index contributed by atoms with van der Waals surface area (Å²) in [6, 6.07) is 7.17. The highest BCUT2D eigenvalue weighted by molar-refractivity contribution is 6.30. The van der Waals surface area contributed by atoms with Gasteiger partial charge in [0, 0.05) is 37.1 Å². The minimum Gasteiger partial charge on any atom is -0.339 e. The maximum absolute atomic E-state index is 12.8. The number of carbonyl (C=O) groups excluding carboxylic acids is 2. The third-order valence-electron chi connectivity index (χ3n) is 4.83. The van der Waals surface area contributed by atoms with Gasteiger partial charge in [0.05, 0.1) is 11.4 Å². The molecule has 1 aliphatic carbocycles. The number of benzene rings is 1. The predicted octanol–water partition coefficient (Wildman–Crippen LogP) is 1.92. The fourth-order valence-electron chi connectivity index (χ4n) is 3.16. The molecular weight excluding hydrogens is 354 g/mol. The Kier molecular flexibility index (Phi) is 4.40. The summed E-state index contributed by atoms with van der Waals surface area (Å²) in [6.45, 7) is 4.00. The van der Waals surface area contributed by atoms with Crippen molar-refractivity contribution in [3.05, 3.63) is 40.7 Å². The van der Waals surface area contributed by atoms with E-state index in [1.165, 1.54) is 4.80 Å². The number of hydrogen-bond acceptors (Lipinski definition) is 4. The maximum Gasteiger partial charge on any atom is 0.276 e. The van der Waals surface area contributed by atoms with Crippen molar-refractivity contribution >= 4 is 23.4 Å². The van der Waals surface area contributed by atoms with Crippen LogP contribution in [0.5, 0.6) is 0 Å². The first-order valence-corrected chi connectivity index (χ1v) is 9.18. The van der Waals surface area contributed by atoms with E-state index < -0.39 is 0 Å². The number of carbonyl (C=O) groups is 2. The van der Waals surface area contributed by atoms with Crippen molar-refractivity contribution in [2.24, 2.45) is 5.92 Å². The third kappa shape index (κ3) is 3.31. The second kappa shape index (κ2) is 6.72. The number of nitrogens with zero attached hydrogens (tertiary/aromatic N) is 5. The number of rotatable bonds is 3. The summed E-state index contributed by atoms with van der Waals surface area (Å²) in [5.41, 5.74) is 1.62. The van der Waals surface area contributed by atoms with Crippen LogP contribution < -0.4 is 0 Å². The van der Waals surface area contributed by atoms with E-state index in [2.05, 4.69) is 10.2 Å². The summed E-state index contributed by atoms with van der Waals surface area (Å²) >= 11 is 6.02. The maximum atomic E-state index is 12.8. The van der Waals surface area contributed by atoms with Gasteiger partial charge in [-0.2, -0.15) is 9.90 Å². The fraction of sp³-hybridized carbons (Fsp3) is 0.444. The molecule has 2 heterocycles. The first-order chi connectivity index (χ1) is 12.5. The van der Waals surface area contributed by atoms with Gasteiger partial charge in [-0.1, -0.05) is 17.7 Å². The van der Waals surface area contributed by atoms with Crippen LogP contribution >= 0.6 is 11.6 Å². The van der Waals surface area contributed by atoms with Gasteiger partial charge in [-0.3, -0.25) is 9.59 Å². The lowest BCUT2D eigenvalue weighted by atomic mass is 10.2. The normalized spacial score (nSPS) is 17.5. The van der Waals surface area contributed by atoms with Crippen LogP contribution in [-0.2, 0) is 4.79 Å². The van der Waals surface area contributed by atoms with Crippen LogP contribution in [0.4, 0.5) is 0 Å². The molecule has 1 aromatic heterocycles. The van der Waals surface area contributed by atoms with E-state index in [4.69, 9.17) is 11.6 Å². The SMILES string of the molecule is Cc1nn(-c2cccc(Cl)c2)nc1C(=O)N1CCN(C(=O)C2CC2)CC1. The summed E-state index contributed by atoms with van der Waals surface area (Å²) in [5, 5.41) is 9.30.